The van der Waals surface area contributed by atoms with Gasteiger partial charge in [0.25, 0.3) is 5.91 Å². The van der Waals surface area contributed by atoms with E-state index in [2.05, 4.69) is 10.4 Å². The van der Waals surface area contributed by atoms with Crippen molar-refractivity contribution in [2.45, 2.75) is 6.92 Å². The highest BCUT2D eigenvalue weighted by molar-refractivity contribution is 6.08. The summed E-state index contributed by atoms with van der Waals surface area (Å²) >= 11 is 0. The molecule has 5 heteroatoms. The van der Waals surface area contributed by atoms with Gasteiger partial charge in [-0.25, -0.2) is 9.07 Å². The Bertz CT molecular complexity index is 1120. The number of carbonyl (C=O) groups is 1. The van der Waals surface area contributed by atoms with Gasteiger partial charge < -0.3 is 5.32 Å². The maximum Gasteiger partial charge on any atom is 0.259 e. The molecule has 0 aliphatic carbocycles. The second-order valence-corrected chi connectivity index (χ2v) is 6.45. The summed E-state index contributed by atoms with van der Waals surface area (Å²) in [6.07, 6.45) is 1.70. The summed E-state index contributed by atoms with van der Waals surface area (Å²) in [6.45, 7) is 1.93. The lowest BCUT2D eigenvalue weighted by Gasteiger charge is -2.08. The van der Waals surface area contributed by atoms with E-state index in [9.17, 15) is 9.18 Å². The standard InChI is InChI=1S/C23H18FN3O/c1-16-7-5-6-10-21(16)25-23(28)20-15-27(19-8-3-2-4-9-19)26-22(20)17-11-13-18(24)14-12-17/h2-15H,1H3,(H,25,28). The molecule has 0 saturated carbocycles. The smallest absolute Gasteiger partial charge is 0.259 e. The number of nitrogens with one attached hydrogen (secondary N) is 1. The fraction of sp³-hybridized carbons (Fsp3) is 0.0435. The van der Waals surface area contributed by atoms with Crippen LogP contribution in [-0.2, 0) is 0 Å². The molecule has 1 N–H and O–H groups in total. The van der Waals surface area contributed by atoms with Crippen molar-refractivity contribution in [1.29, 1.82) is 0 Å². The maximum atomic E-state index is 13.4. The summed E-state index contributed by atoms with van der Waals surface area (Å²) in [5.41, 5.74) is 4.13. The van der Waals surface area contributed by atoms with Gasteiger partial charge >= 0.3 is 0 Å². The lowest BCUT2D eigenvalue weighted by Crippen LogP contribution is -2.13. The molecule has 0 saturated heterocycles. The topological polar surface area (TPSA) is 46.9 Å². The van der Waals surface area contributed by atoms with Crippen LogP contribution in [0.2, 0.25) is 0 Å². The number of rotatable bonds is 4. The first-order valence-corrected chi connectivity index (χ1v) is 8.90. The Kier molecular flexibility index (Phi) is 4.72. The lowest BCUT2D eigenvalue weighted by molar-refractivity contribution is 0.102. The summed E-state index contributed by atoms with van der Waals surface area (Å²) in [6, 6.07) is 23.1. The number of anilines is 1. The monoisotopic (exact) mass is 371 g/mol. The summed E-state index contributed by atoms with van der Waals surface area (Å²) < 4.78 is 15.0. The van der Waals surface area contributed by atoms with Gasteiger partial charge in [-0.05, 0) is 55.0 Å². The second-order valence-electron chi connectivity index (χ2n) is 6.45. The Morgan fingerprint density at radius 2 is 1.61 bits per heavy atom. The van der Waals surface area contributed by atoms with Crippen LogP contribution in [0.4, 0.5) is 10.1 Å². The fourth-order valence-corrected chi connectivity index (χ4v) is 2.98. The Labute approximate surface area is 162 Å². The van der Waals surface area contributed by atoms with Crippen molar-refractivity contribution in [1.82, 2.24) is 9.78 Å². The number of aromatic nitrogens is 2. The van der Waals surface area contributed by atoms with Crippen molar-refractivity contribution < 1.29 is 9.18 Å². The number of hydrogen-bond acceptors (Lipinski definition) is 2. The second kappa shape index (κ2) is 7.48. The van der Waals surface area contributed by atoms with Gasteiger partial charge in [-0.3, -0.25) is 4.79 Å². The molecule has 4 aromatic rings. The minimum atomic E-state index is -0.336. The van der Waals surface area contributed by atoms with Crippen LogP contribution in [0.5, 0.6) is 0 Å². The molecule has 138 valence electrons. The van der Waals surface area contributed by atoms with E-state index in [0.29, 0.717) is 16.8 Å². The van der Waals surface area contributed by atoms with Crippen molar-refractivity contribution >= 4 is 11.6 Å². The van der Waals surface area contributed by atoms with E-state index >= 15 is 0 Å². The summed E-state index contributed by atoms with van der Waals surface area (Å²) in [5.74, 6) is -0.604. The van der Waals surface area contributed by atoms with E-state index < -0.39 is 0 Å². The van der Waals surface area contributed by atoms with Gasteiger partial charge in [0.1, 0.15) is 11.5 Å². The van der Waals surface area contributed by atoms with Crippen molar-refractivity contribution in [3.63, 3.8) is 0 Å². The Morgan fingerprint density at radius 1 is 0.929 bits per heavy atom. The number of halogens is 1. The van der Waals surface area contributed by atoms with Crippen LogP contribution in [0.1, 0.15) is 15.9 Å². The molecule has 0 aliphatic heterocycles. The van der Waals surface area contributed by atoms with Crippen LogP contribution >= 0.6 is 0 Å². The molecular weight excluding hydrogens is 353 g/mol. The van der Waals surface area contributed by atoms with E-state index in [1.54, 1.807) is 23.0 Å². The van der Waals surface area contributed by atoms with Crippen LogP contribution in [0.3, 0.4) is 0 Å². The molecule has 0 aliphatic rings. The quantitative estimate of drug-likeness (QED) is 0.533. The first-order valence-electron chi connectivity index (χ1n) is 8.90. The van der Waals surface area contributed by atoms with E-state index in [-0.39, 0.29) is 11.7 Å². The number of amides is 1. The van der Waals surface area contributed by atoms with E-state index in [0.717, 1.165) is 16.9 Å². The number of nitrogens with zero attached hydrogens (tertiary/aromatic N) is 2. The van der Waals surface area contributed by atoms with E-state index in [1.807, 2.05) is 61.5 Å². The molecule has 0 bridgehead atoms. The fourth-order valence-electron chi connectivity index (χ4n) is 2.98. The van der Waals surface area contributed by atoms with Crippen LogP contribution < -0.4 is 5.32 Å². The van der Waals surface area contributed by atoms with Gasteiger partial charge in [-0.2, -0.15) is 5.10 Å². The van der Waals surface area contributed by atoms with Gasteiger partial charge in [0, 0.05) is 17.4 Å². The maximum absolute atomic E-state index is 13.4. The summed E-state index contributed by atoms with van der Waals surface area (Å²) in [7, 11) is 0. The molecule has 0 radical (unpaired) electrons. The van der Waals surface area contributed by atoms with Crippen molar-refractivity contribution in [2.75, 3.05) is 5.32 Å². The minimum Gasteiger partial charge on any atom is -0.322 e. The number of hydrogen-bond donors (Lipinski definition) is 1. The van der Waals surface area contributed by atoms with Crippen LogP contribution in [-0.4, -0.2) is 15.7 Å². The highest BCUT2D eigenvalue weighted by Crippen LogP contribution is 2.25. The molecule has 1 aromatic heterocycles. The highest BCUT2D eigenvalue weighted by Gasteiger charge is 2.19. The van der Waals surface area contributed by atoms with Gasteiger partial charge in [0.15, 0.2) is 0 Å². The molecule has 28 heavy (non-hydrogen) atoms. The number of benzene rings is 3. The lowest BCUT2D eigenvalue weighted by atomic mass is 10.1. The Morgan fingerprint density at radius 3 is 2.32 bits per heavy atom. The molecule has 1 amide bonds. The molecule has 4 rings (SSSR count). The molecule has 0 fully saturated rings. The van der Waals surface area contributed by atoms with Gasteiger partial charge in [-0.1, -0.05) is 36.4 Å². The summed E-state index contributed by atoms with van der Waals surface area (Å²) in [5, 5.41) is 7.55. The van der Waals surface area contributed by atoms with Gasteiger partial charge in [0.05, 0.1) is 11.3 Å². The average molecular weight is 371 g/mol. The van der Waals surface area contributed by atoms with Crippen LogP contribution in [0, 0.1) is 12.7 Å². The number of para-hydroxylation sites is 2. The van der Waals surface area contributed by atoms with Gasteiger partial charge in [-0.15, -0.1) is 0 Å². The molecule has 1 heterocycles. The van der Waals surface area contributed by atoms with E-state index in [1.165, 1.54) is 12.1 Å². The first kappa shape index (κ1) is 17.7. The molecule has 0 atom stereocenters. The molecule has 4 nitrogen and oxygen atoms in total. The summed E-state index contributed by atoms with van der Waals surface area (Å²) in [4.78, 5) is 13.0. The number of aryl methyl sites for hydroxylation is 1. The van der Waals surface area contributed by atoms with Crippen molar-refractivity contribution in [3.05, 3.63) is 102 Å². The van der Waals surface area contributed by atoms with E-state index in [4.69, 9.17) is 0 Å². The molecule has 0 spiro atoms. The van der Waals surface area contributed by atoms with Crippen LogP contribution in [0.15, 0.2) is 85.1 Å². The third-order valence-electron chi connectivity index (χ3n) is 4.49. The zero-order chi connectivity index (χ0) is 19.5. The molecular formula is C23H18FN3O. The minimum absolute atomic E-state index is 0.268. The van der Waals surface area contributed by atoms with Gasteiger partial charge in [0.2, 0.25) is 0 Å². The molecule has 0 unspecified atom stereocenters. The number of carbonyl (C=O) groups excluding carboxylic acids is 1. The largest absolute Gasteiger partial charge is 0.322 e. The predicted molar refractivity (Wildman–Crippen MR) is 108 cm³/mol. The zero-order valence-corrected chi connectivity index (χ0v) is 15.3. The molecule has 3 aromatic carbocycles. The third kappa shape index (κ3) is 3.55. The van der Waals surface area contributed by atoms with Crippen molar-refractivity contribution in [2.24, 2.45) is 0 Å². The highest BCUT2D eigenvalue weighted by atomic mass is 19.1. The Hall–Kier alpha value is -3.73. The first-order chi connectivity index (χ1) is 13.6. The third-order valence-corrected chi connectivity index (χ3v) is 4.49. The zero-order valence-electron chi connectivity index (χ0n) is 15.3. The SMILES string of the molecule is Cc1ccccc1NC(=O)c1cn(-c2ccccc2)nc1-c1ccc(F)cc1. The van der Waals surface area contributed by atoms with Crippen molar-refractivity contribution in [3.8, 4) is 16.9 Å². The predicted octanol–water partition coefficient (Wildman–Crippen LogP) is 5.24. The normalized spacial score (nSPS) is 10.6. The van der Waals surface area contributed by atoms with Crippen LogP contribution in [0.25, 0.3) is 16.9 Å². The average Bonchev–Trinajstić information content (AvgIpc) is 3.16. The Balaban J connectivity index is 1.78.